The summed E-state index contributed by atoms with van der Waals surface area (Å²) in [6.45, 7) is 2.09. The predicted octanol–water partition coefficient (Wildman–Crippen LogP) is 6.26. The number of phenolic OH excluding ortho intramolecular Hbond substituents is 1. The van der Waals surface area contributed by atoms with Crippen molar-refractivity contribution in [3.63, 3.8) is 0 Å². The molecule has 0 aromatic heterocycles. The molecule has 1 heterocycles. The number of anilines is 1. The Morgan fingerprint density at radius 2 is 1.61 bits per heavy atom. The summed E-state index contributed by atoms with van der Waals surface area (Å²) in [5.41, 5.74) is 5.93. The number of rotatable bonds is 5. The first-order chi connectivity index (χ1) is 16.1. The van der Waals surface area contributed by atoms with Crippen LogP contribution in [0.2, 0.25) is 0 Å². The van der Waals surface area contributed by atoms with E-state index in [0.717, 1.165) is 32.4 Å². The summed E-state index contributed by atoms with van der Waals surface area (Å²) in [5.74, 6) is 1.30. The van der Waals surface area contributed by atoms with Gasteiger partial charge in [-0.05, 0) is 84.9 Å². The zero-order valence-corrected chi connectivity index (χ0v) is 20.3. The summed E-state index contributed by atoms with van der Waals surface area (Å²) in [6.07, 6.45) is 11.2. The van der Waals surface area contributed by atoms with Crippen LogP contribution in [0.3, 0.4) is 0 Å². The second-order valence-corrected chi connectivity index (χ2v) is 10.5. The number of nitrogens with zero attached hydrogens (tertiary/aromatic N) is 1. The fraction of sp³-hybridized carbons (Fsp3) is 0.586. The van der Waals surface area contributed by atoms with E-state index in [2.05, 4.69) is 35.2 Å². The highest BCUT2D eigenvalue weighted by Crippen LogP contribution is 2.56. The fourth-order valence-electron chi connectivity index (χ4n) is 7.06. The van der Waals surface area contributed by atoms with Crippen LogP contribution in [-0.4, -0.2) is 38.7 Å². The van der Waals surface area contributed by atoms with Crippen LogP contribution < -0.4 is 4.90 Å². The lowest BCUT2D eigenvalue weighted by Crippen LogP contribution is -2.39. The molecule has 0 radical (unpaired) electrons. The number of fused-ring (bicyclic) bond motifs is 1. The van der Waals surface area contributed by atoms with Crippen LogP contribution in [0, 0.1) is 11.3 Å². The molecular weight excluding hydrogens is 410 g/mol. The maximum atomic E-state index is 10.1. The summed E-state index contributed by atoms with van der Waals surface area (Å²) in [7, 11) is 3.48. The molecule has 33 heavy (non-hydrogen) atoms. The SMILES string of the molecule is COC(OC)C1CCN(c2ccc([C@@H]3c4ccc(O)cc4CCC34CCCCC4)cc2)CC1. The van der Waals surface area contributed by atoms with Gasteiger partial charge in [0.2, 0.25) is 0 Å². The fourth-order valence-corrected chi connectivity index (χ4v) is 7.06. The van der Waals surface area contributed by atoms with E-state index >= 15 is 0 Å². The minimum absolute atomic E-state index is 0.0907. The number of ether oxygens (including phenoxy) is 2. The van der Waals surface area contributed by atoms with Crippen molar-refractivity contribution in [2.24, 2.45) is 11.3 Å². The normalized spacial score (nSPS) is 23.1. The molecule has 1 saturated heterocycles. The Bertz CT molecular complexity index is 922. The Labute approximate surface area is 198 Å². The van der Waals surface area contributed by atoms with Crippen molar-refractivity contribution in [3.8, 4) is 5.75 Å². The van der Waals surface area contributed by atoms with Crippen LogP contribution in [0.1, 0.15) is 74.0 Å². The topological polar surface area (TPSA) is 41.9 Å². The molecular formula is C29H39NO3. The maximum absolute atomic E-state index is 10.1. The van der Waals surface area contributed by atoms with E-state index in [1.807, 2.05) is 12.1 Å². The van der Waals surface area contributed by atoms with E-state index in [-0.39, 0.29) is 6.29 Å². The Morgan fingerprint density at radius 3 is 2.27 bits per heavy atom. The molecule has 4 nitrogen and oxygen atoms in total. The van der Waals surface area contributed by atoms with Crippen LogP contribution in [0.4, 0.5) is 5.69 Å². The average Bonchev–Trinajstić information content (AvgIpc) is 2.86. The highest BCUT2D eigenvalue weighted by atomic mass is 16.7. The molecule has 2 fully saturated rings. The van der Waals surface area contributed by atoms with Crippen LogP contribution in [-0.2, 0) is 15.9 Å². The summed E-state index contributed by atoms with van der Waals surface area (Å²) < 4.78 is 11.0. The molecule has 178 valence electrons. The zero-order chi connectivity index (χ0) is 22.8. The van der Waals surface area contributed by atoms with Gasteiger partial charge in [0.25, 0.3) is 0 Å². The first-order valence-corrected chi connectivity index (χ1v) is 12.9. The number of hydrogen-bond donors (Lipinski definition) is 1. The average molecular weight is 450 g/mol. The minimum Gasteiger partial charge on any atom is -0.508 e. The van der Waals surface area contributed by atoms with Crippen molar-refractivity contribution in [1.82, 2.24) is 0 Å². The molecule has 0 bridgehead atoms. The molecule has 1 N–H and O–H groups in total. The Kier molecular flexibility index (Phi) is 6.67. The molecule has 1 saturated carbocycles. The third kappa shape index (κ3) is 4.40. The van der Waals surface area contributed by atoms with E-state index in [1.54, 1.807) is 14.2 Å². The molecule has 2 aliphatic carbocycles. The van der Waals surface area contributed by atoms with Crippen molar-refractivity contribution in [3.05, 3.63) is 59.2 Å². The van der Waals surface area contributed by atoms with Crippen molar-refractivity contribution in [2.75, 3.05) is 32.2 Å². The number of benzene rings is 2. The number of methoxy groups -OCH3 is 2. The molecule has 2 aromatic carbocycles. The monoisotopic (exact) mass is 449 g/mol. The summed E-state index contributed by atoms with van der Waals surface area (Å²) in [6, 6.07) is 15.5. The van der Waals surface area contributed by atoms with Gasteiger partial charge >= 0.3 is 0 Å². The molecule has 0 amide bonds. The molecule has 4 heteroatoms. The first kappa shape index (κ1) is 22.7. The quantitative estimate of drug-likeness (QED) is 0.547. The number of phenols is 1. The lowest BCUT2D eigenvalue weighted by molar-refractivity contribution is -0.141. The molecule has 3 aliphatic rings. The van der Waals surface area contributed by atoms with Crippen molar-refractivity contribution < 1.29 is 14.6 Å². The van der Waals surface area contributed by atoms with Gasteiger partial charge in [-0.25, -0.2) is 0 Å². The maximum Gasteiger partial charge on any atom is 0.159 e. The van der Waals surface area contributed by atoms with Gasteiger partial charge in [-0.2, -0.15) is 0 Å². The lowest BCUT2D eigenvalue weighted by Gasteiger charge is -2.48. The minimum atomic E-state index is -0.0907. The second-order valence-electron chi connectivity index (χ2n) is 10.5. The van der Waals surface area contributed by atoms with Crippen molar-refractivity contribution >= 4 is 5.69 Å². The van der Waals surface area contributed by atoms with Crippen LogP contribution >= 0.6 is 0 Å². The number of hydrogen-bond acceptors (Lipinski definition) is 4. The van der Waals surface area contributed by atoms with E-state index in [1.165, 1.54) is 60.9 Å². The Balaban J connectivity index is 1.38. The van der Waals surface area contributed by atoms with Gasteiger partial charge in [0.15, 0.2) is 6.29 Å². The van der Waals surface area contributed by atoms with Crippen LogP contribution in [0.25, 0.3) is 0 Å². The van der Waals surface area contributed by atoms with Gasteiger partial charge in [0.05, 0.1) is 0 Å². The van der Waals surface area contributed by atoms with Crippen molar-refractivity contribution in [2.45, 2.75) is 70.0 Å². The zero-order valence-electron chi connectivity index (χ0n) is 20.3. The van der Waals surface area contributed by atoms with E-state index in [0.29, 0.717) is 23.0 Å². The standard InChI is InChI=1S/C29H39NO3/c1-32-28(33-2)22-13-18-30(19-14-22)24-8-6-21(7-9-24)27-26-11-10-25(31)20-23(26)12-17-29(27)15-4-3-5-16-29/h6-11,20,22,27-28,31H,3-5,12-19H2,1-2H3/t27-/m1/s1. The van der Waals surface area contributed by atoms with Gasteiger partial charge in [0.1, 0.15) is 5.75 Å². The van der Waals surface area contributed by atoms with E-state index in [9.17, 15) is 5.11 Å². The first-order valence-electron chi connectivity index (χ1n) is 12.9. The molecule has 5 rings (SSSR count). The Morgan fingerprint density at radius 1 is 0.909 bits per heavy atom. The van der Waals surface area contributed by atoms with Gasteiger partial charge in [-0.3, -0.25) is 0 Å². The van der Waals surface area contributed by atoms with E-state index < -0.39 is 0 Å². The Hall–Kier alpha value is -2.04. The highest BCUT2D eigenvalue weighted by molar-refractivity contribution is 5.52. The molecule has 1 spiro atoms. The van der Waals surface area contributed by atoms with Gasteiger partial charge < -0.3 is 19.5 Å². The third-order valence-corrected chi connectivity index (χ3v) is 8.77. The second kappa shape index (κ2) is 9.68. The smallest absolute Gasteiger partial charge is 0.159 e. The summed E-state index contributed by atoms with van der Waals surface area (Å²) >= 11 is 0. The van der Waals surface area contributed by atoms with Gasteiger partial charge in [0, 0.05) is 44.8 Å². The van der Waals surface area contributed by atoms with Gasteiger partial charge in [-0.1, -0.05) is 37.5 Å². The predicted molar refractivity (Wildman–Crippen MR) is 133 cm³/mol. The third-order valence-electron chi connectivity index (χ3n) is 8.77. The van der Waals surface area contributed by atoms with Crippen molar-refractivity contribution in [1.29, 1.82) is 0 Å². The number of piperidine rings is 1. The molecule has 1 aliphatic heterocycles. The number of aryl methyl sites for hydroxylation is 1. The van der Waals surface area contributed by atoms with Gasteiger partial charge in [-0.15, -0.1) is 0 Å². The lowest BCUT2D eigenvalue weighted by atomic mass is 9.56. The van der Waals surface area contributed by atoms with Crippen LogP contribution in [0.5, 0.6) is 5.75 Å². The number of aromatic hydroxyl groups is 1. The van der Waals surface area contributed by atoms with E-state index in [4.69, 9.17) is 9.47 Å². The van der Waals surface area contributed by atoms with Crippen LogP contribution in [0.15, 0.2) is 42.5 Å². The molecule has 1 atom stereocenters. The largest absolute Gasteiger partial charge is 0.508 e. The molecule has 0 unspecified atom stereocenters. The summed E-state index contributed by atoms with van der Waals surface area (Å²) in [5, 5.41) is 10.1. The highest BCUT2D eigenvalue weighted by Gasteiger charge is 2.44. The summed E-state index contributed by atoms with van der Waals surface area (Å²) in [4.78, 5) is 2.51. The molecule has 2 aromatic rings.